The maximum absolute atomic E-state index is 11.7. The lowest BCUT2D eigenvalue weighted by Crippen LogP contribution is -2.54. The summed E-state index contributed by atoms with van der Waals surface area (Å²) in [4.78, 5) is 21.3. The summed E-state index contributed by atoms with van der Waals surface area (Å²) < 4.78 is 6.20. The Morgan fingerprint density at radius 2 is 2.00 bits per heavy atom. The number of carbonyl (C=O) groups excluding carboxylic acids is 1. The molecule has 24 heavy (non-hydrogen) atoms. The van der Waals surface area contributed by atoms with Crippen LogP contribution in [-0.4, -0.2) is 68.2 Å². The van der Waals surface area contributed by atoms with Crippen LogP contribution in [0.2, 0.25) is 0 Å². The molecule has 0 aliphatic carbocycles. The van der Waals surface area contributed by atoms with E-state index in [0.29, 0.717) is 19.7 Å². The minimum absolute atomic E-state index is 0. The van der Waals surface area contributed by atoms with Gasteiger partial charge in [0.25, 0.3) is 0 Å². The summed E-state index contributed by atoms with van der Waals surface area (Å²) in [5, 5.41) is 3.40. The summed E-state index contributed by atoms with van der Waals surface area (Å²) >= 11 is 5.24. The zero-order valence-electron chi connectivity index (χ0n) is 14.0. The average molecular weight is 531 g/mol. The van der Waals surface area contributed by atoms with Crippen LogP contribution < -0.4 is 5.32 Å². The number of aliphatic imine (C=N–C) groups is 1. The predicted molar refractivity (Wildman–Crippen MR) is 113 cm³/mol. The maximum atomic E-state index is 11.7. The molecule has 1 aromatic rings. The van der Waals surface area contributed by atoms with Crippen LogP contribution in [0.4, 0.5) is 4.79 Å². The van der Waals surface area contributed by atoms with E-state index in [1.54, 1.807) is 23.3 Å². The quantitative estimate of drug-likeness (QED) is 0.369. The van der Waals surface area contributed by atoms with Gasteiger partial charge in [0, 0.05) is 44.6 Å². The van der Waals surface area contributed by atoms with Crippen molar-refractivity contribution in [1.82, 2.24) is 15.1 Å². The molecule has 1 aromatic heterocycles. The predicted octanol–water partition coefficient (Wildman–Crippen LogP) is 3.02. The second-order valence-electron chi connectivity index (χ2n) is 5.10. The Balaban J connectivity index is 0.00000288. The van der Waals surface area contributed by atoms with Gasteiger partial charge in [-0.15, -0.1) is 35.3 Å². The lowest BCUT2D eigenvalue weighted by Gasteiger charge is -2.35. The molecule has 9 heteroatoms. The van der Waals surface area contributed by atoms with E-state index in [0.717, 1.165) is 35.8 Å². The largest absolute Gasteiger partial charge is 0.450 e. The van der Waals surface area contributed by atoms with Crippen molar-refractivity contribution in [2.75, 3.05) is 46.4 Å². The van der Waals surface area contributed by atoms with Gasteiger partial charge < -0.3 is 19.9 Å². The number of piperazine rings is 1. The number of rotatable bonds is 4. The molecule has 0 bridgehead atoms. The van der Waals surface area contributed by atoms with Crippen molar-refractivity contribution in [2.24, 2.45) is 4.99 Å². The Morgan fingerprint density at radius 1 is 1.33 bits per heavy atom. The number of thiophene rings is 1. The highest BCUT2D eigenvalue weighted by Gasteiger charge is 2.23. The van der Waals surface area contributed by atoms with Crippen molar-refractivity contribution in [3.8, 4) is 0 Å². The fourth-order valence-electron chi connectivity index (χ4n) is 2.43. The van der Waals surface area contributed by atoms with Crippen molar-refractivity contribution < 1.29 is 9.53 Å². The summed E-state index contributed by atoms with van der Waals surface area (Å²) in [7, 11) is 1.79. The standard InChI is InChI=1S/C15H23BrN4O2S.HI/c1-3-22-15(21)20-10-8-19(9-11-20)14(17-2)18-7-6-12-4-5-13(16)23-12;/h4-5H,3,6-11H2,1-2H3,(H,17,18);1H. The Hall–Kier alpha value is -0.550. The van der Waals surface area contributed by atoms with Crippen LogP contribution in [0.3, 0.4) is 0 Å². The van der Waals surface area contributed by atoms with Gasteiger partial charge in [0.2, 0.25) is 0 Å². The lowest BCUT2D eigenvalue weighted by molar-refractivity contribution is 0.0915. The Morgan fingerprint density at radius 3 is 2.54 bits per heavy atom. The molecule has 0 atom stereocenters. The van der Waals surface area contributed by atoms with Crippen molar-refractivity contribution >= 4 is 63.3 Å². The number of ether oxygens (including phenoxy) is 1. The van der Waals surface area contributed by atoms with Gasteiger partial charge in [-0.1, -0.05) is 0 Å². The van der Waals surface area contributed by atoms with Gasteiger partial charge in [-0.3, -0.25) is 4.99 Å². The van der Waals surface area contributed by atoms with Crippen LogP contribution in [0, 0.1) is 0 Å². The van der Waals surface area contributed by atoms with Crippen LogP contribution in [-0.2, 0) is 11.2 Å². The van der Waals surface area contributed by atoms with Crippen molar-refractivity contribution in [2.45, 2.75) is 13.3 Å². The second-order valence-corrected chi connectivity index (χ2v) is 7.65. The van der Waals surface area contributed by atoms with Crippen molar-refractivity contribution in [3.05, 3.63) is 20.8 Å². The molecule has 1 N–H and O–H groups in total. The van der Waals surface area contributed by atoms with E-state index in [4.69, 9.17) is 4.74 Å². The summed E-state index contributed by atoms with van der Waals surface area (Å²) in [6.45, 7) is 5.95. The number of hydrogen-bond donors (Lipinski definition) is 1. The van der Waals surface area contributed by atoms with Gasteiger partial charge in [0.1, 0.15) is 0 Å². The molecule has 1 aliphatic heterocycles. The lowest BCUT2D eigenvalue weighted by atomic mass is 10.3. The van der Waals surface area contributed by atoms with Gasteiger partial charge >= 0.3 is 6.09 Å². The number of amides is 1. The Bertz CT molecular complexity index is 547. The highest BCUT2D eigenvalue weighted by atomic mass is 127. The molecule has 6 nitrogen and oxygen atoms in total. The van der Waals surface area contributed by atoms with E-state index in [1.807, 2.05) is 6.92 Å². The number of carbonyl (C=O) groups is 1. The van der Waals surface area contributed by atoms with Crippen LogP contribution in [0.1, 0.15) is 11.8 Å². The smallest absolute Gasteiger partial charge is 0.409 e. The minimum atomic E-state index is -0.224. The minimum Gasteiger partial charge on any atom is -0.450 e. The molecule has 0 unspecified atom stereocenters. The van der Waals surface area contributed by atoms with Crippen LogP contribution in [0.15, 0.2) is 20.9 Å². The maximum Gasteiger partial charge on any atom is 0.409 e. The third-order valence-corrected chi connectivity index (χ3v) is 5.28. The molecular formula is C15H24BrIN4O2S. The van der Waals surface area contributed by atoms with E-state index < -0.39 is 0 Å². The molecular weight excluding hydrogens is 507 g/mol. The van der Waals surface area contributed by atoms with E-state index in [1.165, 1.54) is 4.88 Å². The first-order chi connectivity index (χ1) is 11.1. The number of halogens is 2. The third kappa shape index (κ3) is 6.40. The molecule has 2 rings (SSSR count). The molecule has 0 radical (unpaired) electrons. The molecule has 0 spiro atoms. The van der Waals surface area contributed by atoms with Crippen LogP contribution in [0.5, 0.6) is 0 Å². The molecule has 1 aliphatic rings. The van der Waals surface area contributed by atoms with Gasteiger partial charge in [-0.25, -0.2) is 4.79 Å². The number of nitrogens with zero attached hydrogens (tertiary/aromatic N) is 3. The normalized spacial score (nSPS) is 15.0. The summed E-state index contributed by atoms with van der Waals surface area (Å²) in [5.41, 5.74) is 0. The molecule has 1 amide bonds. The van der Waals surface area contributed by atoms with Gasteiger partial charge in [-0.05, 0) is 41.4 Å². The number of guanidine groups is 1. The molecule has 1 saturated heterocycles. The number of nitrogens with one attached hydrogen (secondary N) is 1. The monoisotopic (exact) mass is 530 g/mol. The van der Waals surface area contributed by atoms with Crippen molar-refractivity contribution in [3.63, 3.8) is 0 Å². The molecule has 0 saturated carbocycles. The SMILES string of the molecule is CCOC(=O)N1CCN(C(=NC)NCCc2ccc(Br)s2)CC1.I. The van der Waals surface area contributed by atoms with Crippen LogP contribution >= 0.6 is 51.2 Å². The molecule has 2 heterocycles. The van der Waals surface area contributed by atoms with Gasteiger partial charge in [0.15, 0.2) is 5.96 Å². The average Bonchev–Trinajstić information content (AvgIpc) is 2.97. The van der Waals surface area contributed by atoms with E-state index in [9.17, 15) is 4.79 Å². The Labute approximate surface area is 172 Å². The number of hydrogen-bond acceptors (Lipinski definition) is 4. The van der Waals surface area contributed by atoms with Crippen molar-refractivity contribution in [1.29, 1.82) is 0 Å². The van der Waals surface area contributed by atoms with Crippen LogP contribution in [0.25, 0.3) is 0 Å². The summed E-state index contributed by atoms with van der Waals surface area (Å²) in [6, 6.07) is 4.21. The zero-order valence-corrected chi connectivity index (χ0v) is 18.7. The Kier molecular flexibility index (Phi) is 9.98. The zero-order chi connectivity index (χ0) is 16.7. The van der Waals surface area contributed by atoms with E-state index in [-0.39, 0.29) is 30.1 Å². The first kappa shape index (κ1) is 21.5. The second kappa shape index (κ2) is 11.1. The molecule has 0 aromatic carbocycles. The fraction of sp³-hybridized carbons (Fsp3) is 0.600. The van der Waals surface area contributed by atoms with E-state index in [2.05, 4.69) is 43.3 Å². The molecule has 1 fully saturated rings. The van der Waals surface area contributed by atoms with Gasteiger partial charge in [0.05, 0.1) is 10.4 Å². The highest BCUT2D eigenvalue weighted by molar-refractivity contribution is 14.0. The van der Waals surface area contributed by atoms with E-state index >= 15 is 0 Å². The van der Waals surface area contributed by atoms with Gasteiger partial charge in [-0.2, -0.15) is 0 Å². The first-order valence-corrected chi connectivity index (χ1v) is 9.36. The third-order valence-electron chi connectivity index (χ3n) is 3.60. The highest BCUT2D eigenvalue weighted by Crippen LogP contribution is 2.22. The summed E-state index contributed by atoms with van der Waals surface area (Å²) in [5.74, 6) is 0.893. The fourth-order valence-corrected chi connectivity index (χ4v) is 3.91. The summed E-state index contributed by atoms with van der Waals surface area (Å²) in [6.07, 6.45) is 0.747. The first-order valence-electron chi connectivity index (χ1n) is 7.75. The topological polar surface area (TPSA) is 57.2 Å². The molecule has 136 valence electrons.